The minimum atomic E-state index is -1.14. The molecular weight excluding hydrogens is 380 g/mol. The molecule has 2 rings (SSSR count). The summed E-state index contributed by atoms with van der Waals surface area (Å²) in [6.45, 7) is 6.11. The molecule has 0 bridgehead atoms. The van der Waals surface area contributed by atoms with E-state index in [1.165, 1.54) is 6.07 Å². The smallest absolute Gasteiger partial charge is 0.336 e. The summed E-state index contributed by atoms with van der Waals surface area (Å²) >= 11 is 0. The maximum atomic E-state index is 12.0. The molecule has 0 aliphatic rings. The lowest BCUT2D eigenvalue weighted by Gasteiger charge is -2.18. The van der Waals surface area contributed by atoms with Crippen LogP contribution in [0.3, 0.4) is 0 Å². The van der Waals surface area contributed by atoms with Gasteiger partial charge in [-0.05, 0) is 37.5 Å². The van der Waals surface area contributed by atoms with Gasteiger partial charge < -0.3 is 24.9 Å². The van der Waals surface area contributed by atoms with Crippen molar-refractivity contribution in [1.29, 1.82) is 0 Å². The zero-order valence-electron chi connectivity index (χ0n) is 16.7. The van der Waals surface area contributed by atoms with E-state index >= 15 is 0 Å². The normalized spacial score (nSPS) is 11.9. The van der Waals surface area contributed by atoms with Crippen LogP contribution >= 0.6 is 0 Å². The fourth-order valence-corrected chi connectivity index (χ4v) is 2.77. The Hall–Kier alpha value is -3.36. The number of aliphatic carboxylic acids is 1. The van der Waals surface area contributed by atoms with Gasteiger partial charge in [-0.25, -0.2) is 9.59 Å². The van der Waals surface area contributed by atoms with Gasteiger partial charge in [0, 0.05) is 17.0 Å². The summed E-state index contributed by atoms with van der Waals surface area (Å²) < 4.78 is 10.7. The Kier molecular flexibility index (Phi) is 6.98. The molecule has 1 aromatic heterocycles. The number of amides is 2. The number of carboxylic acids is 1. The summed E-state index contributed by atoms with van der Waals surface area (Å²) in [6.07, 6.45) is 0. The van der Waals surface area contributed by atoms with Crippen LogP contribution in [0.1, 0.15) is 25.0 Å². The third-order valence-corrected chi connectivity index (χ3v) is 4.37. The van der Waals surface area contributed by atoms with Crippen molar-refractivity contribution >= 4 is 28.8 Å². The van der Waals surface area contributed by atoms with Crippen molar-refractivity contribution in [2.45, 2.75) is 33.7 Å². The molecule has 2 aromatic rings. The number of rotatable bonds is 8. The van der Waals surface area contributed by atoms with E-state index in [1.807, 2.05) is 0 Å². The number of carbonyl (C=O) groups excluding carboxylic acids is 2. The molecule has 156 valence electrons. The molecule has 0 aliphatic carbocycles. The van der Waals surface area contributed by atoms with Gasteiger partial charge in [-0.15, -0.1) is 0 Å². The molecule has 1 unspecified atom stereocenters. The van der Waals surface area contributed by atoms with Crippen LogP contribution < -0.4 is 21.0 Å². The lowest BCUT2D eigenvalue weighted by molar-refractivity contribution is -0.143. The van der Waals surface area contributed by atoms with Crippen molar-refractivity contribution in [2.24, 2.45) is 5.92 Å². The number of hydrogen-bond donors (Lipinski definition) is 3. The molecule has 1 atom stereocenters. The highest BCUT2D eigenvalue weighted by atomic mass is 16.5. The average Bonchev–Trinajstić information content (AvgIpc) is 2.63. The number of benzene rings is 1. The molecular formula is C20H24N2O7. The second-order valence-corrected chi connectivity index (χ2v) is 7.01. The third kappa shape index (κ3) is 5.56. The minimum absolute atomic E-state index is 0.296. The molecule has 0 saturated heterocycles. The first kappa shape index (κ1) is 21.9. The van der Waals surface area contributed by atoms with Crippen molar-refractivity contribution in [1.82, 2.24) is 10.6 Å². The van der Waals surface area contributed by atoms with Gasteiger partial charge in [0.15, 0.2) is 6.61 Å². The first-order valence-corrected chi connectivity index (χ1v) is 9.06. The molecule has 0 saturated carbocycles. The topological polar surface area (TPSA) is 135 Å². The van der Waals surface area contributed by atoms with Gasteiger partial charge in [-0.3, -0.25) is 9.59 Å². The van der Waals surface area contributed by atoms with E-state index in [9.17, 15) is 19.2 Å². The Bertz CT molecular complexity index is 994. The van der Waals surface area contributed by atoms with Crippen LogP contribution in [0, 0.1) is 19.8 Å². The van der Waals surface area contributed by atoms with Crippen molar-refractivity contribution < 1.29 is 28.6 Å². The third-order valence-electron chi connectivity index (χ3n) is 4.37. The summed E-state index contributed by atoms with van der Waals surface area (Å²) in [5.74, 6) is -2.23. The lowest BCUT2D eigenvalue weighted by Crippen LogP contribution is -2.48. The molecule has 0 spiro atoms. The van der Waals surface area contributed by atoms with Gasteiger partial charge in [0.25, 0.3) is 5.91 Å². The van der Waals surface area contributed by atoms with Crippen LogP contribution in [0.2, 0.25) is 0 Å². The fourth-order valence-electron chi connectivity index (χ4n) is 2.77. The summed E-state index contributed by atoms with van der Waals surface area (Å²) in [5, 5.41) is 14.6. The second kappa shape index (κ2) is 9.22. The van der Waals surface area contributed by atoms with E-state index in [-0.39, 0.29) is 19.1 Å². The summed E-state index contributed by atoms with van der Waals surface area (Å²) in [4.78, 5) is 46.5. The van der Waals surface area contributed by atoms with Crippen LogP contribution in [0.15, 0.2) is 27.4 Å². The Labute approximate surface area is 167 Å². The van der Waals surface area contributed by atoms with E-state index in [0.717, 1.165) is 10.9 Å². The Balaban J connectivity index is 1.94. The van der Waals surface area contributed by atoms with E-state index in [0.29, 0.717) is 16.9 Å². The van der Waals surface area contributed by atoms with Gasteiger partial charge in [0.2, 0.25) is 5.91 Å². The van der Waals surface area contributed by atoms with Crippen LogP contribution in [0.25, 0.3) is 11.0 Å². The SMILES string of the molecule is Cc1cc(=O)oc2c(C)c(OCC(=O)NCC(=O)NC(C(=O)O)C(C)C)ccc12. The van der Waals surface area contributed by atoms with E-state index in [2.05, 4.69) is 10.6 Å². The van der Waals surface area contributed by atoms with Gasteiger partial charge in [0.05, 0.1) is 6.54 Å². The van der Waals surface area contributed by atoms with Crippen LogP contribution in [-0.4, -0.2) is 42.1 Å². The summed E-state index contributed by atoms with van der Waals surface area (Å²) in [5.41, 5.74) is 1.27. The molecule has 0 radical (unpaired) electrons. The number of nitrogens with one attached hydrogen (secondary N) is 2. The van der Waals surface area contributed by atoms with Crippen molar-refractivity contribution in [3.8, 4) is 5.75 Å². The largest absolute Gasteiger partial charge is 0.483 e. The van der Waals surface area contributed by atoms with E-state index in [1.54, 1.807) is 39.8 Å². The fraction of sp³-hybridized carbons (Fsp3) is 0.400. The highest BCUT2D eigenvalue weighted by Gasteiger charge is 2.23. The van der Waals surface area contributed by atoms with Crippen molar-refractivity contribution in [3.05, 3.63) is 39.7 Å². The molecule has 2 amide bonds. The Morgan fingerprint density at radius 3 is 2.48 bits per heavy atom. The molecule has 29 heavy (non-hydrogen) atoms. The summed E-state index contributed by atoms with van der Waals surface area (Å²) in [7, 11) is 0. The molecule has 1 heterocycles. The highest BCUT2D eigenvalue weighted by Crippen LogP contribution is 2.28. The van der Waals surface area contributed by atoms with Crippen molar-refractivity contribution in [3.63, 3.8) is 0 Å². The average molecular weight is 404 g/mol. The predicted molar refractivity (Wildman–Crippen MR) is 105 cm³/mol. The zero-order valence-corrected chi connectivity index (χ0v) is 16.7. The number of aryl methyl sites for hydroxylation is 2. The monoisotopic (exact) mass is 404 g/mol. The van der Waals surface area contributed by atoms with Crippen molar-refractivity contribution in [2.75, 3.05) is 13.2 Å². The quantitative estimate of drug-likeness (QED) is 0.561. The van der Waals surface area contributed by atoms with Gasteiger partial charge in [-0.1, -0.05) is 13.8 Å². The number of carboxylic acid groups (broad SMARTS) is 1. The van der Waals surface area contributed by atoms with Crippen LogP contribution in [0.4, 0.5) is 0 Å². The Morgan fingerprint density at radius 1 is 1.17 bits per heavy atom. The Morgan fingerprint density at radius 2 is 1.86 bits per heavy atom. The number of hydrogen-bond acceptors (Lipinski definition) is 6. The van der Waals surface area contributed by atoms with Gasteiger partial charge >= 0.3 is 11.6 Å². The number of carbonyl (C=O) groups is 3. The maximum Gasteiger partial charge on any atom is 0.336 e. The van der Waals surface area contributed by atoms with Crippen LogP contribution in [-0.2, 0) is 14.4 Å². The molecule has 0 aliphatic heterocycles. The zero-order chi connectivity index (χ0) is 21.7. The standard InChI is InChI=1S/C20H24N2O7/c1-10(2)18(20(26)27)22-15(23)8-21-16(24)9-28-14-6-5-13-11(3)7-17(25)29-19(13)12(14)4/h5-7,10,18H,8-9H2,1-4H3,(H,21,24)(H,22,23)(H,26,27). The lowest BCUT2D eigenvalue weighted by atomic mass is 10.1. The van der Waals surface area contributed by atoms with Gasteiger partial charge in [-0.2, -0.15) is 0 Å². The van der Waals surface area contributed by atoms with Gasteiger partial charge in [0.1, 0.15) is 17.4 Å². The predicted octanol–water partition coefficient (Wildman–Crippen LogP) is 1.13. The molecule has 3 N–H and O–H groups in total. The molecule has 1 aromatic carbocycles. The maximum absolute atomic E-state index is 12.0. The van der Waals surface area contributed by atoms with E-state index in [4.69, 9.17) is 14.3 Å². The molecule has 9 heteroatoms. The summed E-state index contributed by atoms with van der Waals surface area (Å²) in [6, 6.07) is 3.77. The molecule has 0 fully saturated rings. The first-order chi connectivity index (χ1) is 13.6. The van der Waals surface area contributed by atoms with E-state index < -0.39 is 29.5 Å². The number of ether oxygens (including phenoxy) is 1. The minimum Gasteiger partial charge on any atom is -0.483 e. The molecule has 9 nitrogen and oxygen atoms in total. The highest BCUT2D eigenvalue weighted by molar-refractivity contribution is 5.88. The van der Waals surface area contributed by atoms with Crippen LogP contribution in [0.5, 0.6) is 5.75 Å². The number of fused-ring (bicyclic) bond motifs is 1. The first-order valence-electron chi connectivity index (χ1n) is 9.06. The second-order valence-electron chi connectivity index (χ2n) is 7.01.